The summed E-state index contributed by atoms with van der Waals surface area (Å²) in [7, 11) is 0. The van der Waals surface area contributed by atoms with Gasteiger partial charge in [-0.3, -0.25) is 9.78 Å². The van der Waals surface area contributed by atoms with Gasteiger partial charge in [0.1, 0.15) is 6.04 Å². The minimum Gasteiger partial charge on any atom is -0.480 e. The quantitative estimate of drug-likeness (QED) is 0.838. The molecule has 0 amide bonds. The number of aliphatic carboxylic acids is 1. The fourth-order valence-corrected chi connectivity index (χ4v) is 2.29. The summed E-state index contributed by atoms with van der Waals surface area (Å²) in [5.74, 6) is -0.310. The van der Waals surface area contributed by atoms with Crippen LogP contribution in [0, 0.1) is 6.92 Å². The number of carboxylic acid groups (broad SMARTS) is 1. The van der Waals surface area contributed by atoms with Crippen LogP contribution in [0.15, 0.2) is 18.2 Å². The van der Waals surface area contributed by atoms with Gasteiger partial charge in [0.25, 0.3) is 0 Å². The van der Waals surface area contributed by atoms with Crippen molar-refractivity contribution >= 4 is 17.7 Å². The molecule has 0 aliphatic rings. The molecule has 0 aliphatic carbocycles. The highest BCUT2D eigenvalue weighted by Crippen LogP contribution is 2.30. The number of rotatable bonds is 5. The monoisotopic (exact) mass is 254 g/mol. The molecule has 94 valence electrons. The molecule has 3 N–H and O–H groups in total. The third kappa shape index (κ3) is 4.02. The predicted octanol–water partition coefficient (Wildman–Crippen LogP) is 1.81. The highest BCUT2D eigenvalue weighted by molar-refractivity contribution is 7.99. The van der Waals surface area contributed by atoms with E-state index < -0.39 is 16.8 Å². The second-order valence-corrected chi connectivity index (χ2v) is 6.11. The molecule has 0 bridgehead atoms. The van der Waals surface area contributed by atoms with Gasteiger partial charge in [-0.15, -0.1) is 11.8 Å². The highest BCUT2D eigenvalue weighted by atomic mass is 32.2. The van der Waals surface area contributed by atoms with E-state index in [1.54, 1.807) is 0 Å². The Hall–Kier alpha value is -1.07. The molecule has 1 rings (SSSR count). The Kier molecular flexibility index (Phi) is 4.54. The van der Waals surface area contributed by atoms with Crippen LogP contribution in [0.1, 0.15) is 25.2 Å². The number of aromatic nitrogens is 1. The van der Waals surface area contributed by atoms with Gasteiger partial charge >= 0.3 is 5.97 Å². The number of hydrogen-bond acceptors (Lipinski definition) is 4. The Morgan fingerprint density at radius 2 is 2.24 bits per heavy atom. The summed E-state index contributed by atoms with van der Waals surface area (Å²) in [6.45, 7) is 5.61. The summed E-state index contributed by atoms with van der Waals surface area (Å²) in [6, 6.07) is 4.94. The van der Waals surface area contributed by atoms with E-state index >= 15 is 0 Å². The van der Waals surface area contributed by atoms with Crippen LogP contribution in [0.25, 0.3) is 0 Å². The van der Waals surface area contributed by atoms with Gasteiger partial charge in [0.2, 0.25) is 0 Å². The summed E-state index contributed by atoms with van der Waals surface area (Å²) < 4.78 is -0.517. The summed E-state index contributed by atoms with van der Waals surface area (Å²) >= 11 is 1.51. The number of carboxylic acids is 1. The van der Waals surface area contributed by atoms with Crippen molar-refractivity contribution in [2.45, 2.75) is 37.3 Å². The standard InChI is InChI=1S/C12H18N2O2S/c1-8-5-4-6-9(14-8)7-17-12(2,3)10(13)11(15)16/h4-6,10H,7,13H2,1-3H3,(H,15,16)/t10-/m1/s1. The second kappa shape index (κ2) is 5.51. The van der Waals surface area contributed by atoms with Gasteiger partial charge in [0, 0.05) is 16.2 Å². The van der Waals surface area contributed by atoms with E-state index in [0.717, 1.165) is 11.4 Å². The lowest BCUT2D eigenvalue weighted by Crippen LogP contribution is -2.46. The Bertz CT molecular complexity index is 407. The molecule has 0 unspecified atom stereocenters. The van der Waals surface area contributed by atoms with E-state index in [4.69, 9.17) is 10.8 Å². The van der Waals surface area contributed by atoms with Crippen molar-refractivity contribution in [1.82, 2.24) is 4.98 Å². The van der Waals surface area contributed by atoms with Crippen molar-refractivity contribution in [2.24, 2.45) is 5.73 Å². The minimum absolute atomic E-state index is 0.517. The molecule has 0 aliphatic heterocycles. The molecule has 17 heavy (non-hydrogen) atoms. The highest BCUT2D eigenvalue weighted by Gasteiger charge is 2.32. The number of aryl methyl sites for hydroxylation is 1. The number of nitrogens with two attached hydrogens (primary N) is 1. The van der Waals surface area contributed by atoms with Gasteiger partial charge in [-0.2, -0.15) is 0 Å². The van der Waals surface area contributed by atoms with Crippen LogP contribution in [0.3, 0.4) is 0 Å². The number of thioether (sulfide) groups is 1. The topological polar surface area (TPSA) is 76.2 Å². The Labute approximate surface area is 106 Å². The third-order valence-corrected chi connectivity index (χ3v) is 3.99. The zero-order chi connectivity index (χ0) is 13.1. The lowest BCUT2D eigenvalue weighted by Gasteiger charge is -2.27. The van der Waals surface area contributed by atoms with Crippen molar-refractivity contribution in [2.75, 3.05) is 0 Å². The van der Waals surface area contributed by atoms with Crippen molar-refractivity contribution in [1.29, 1.82) is 0 Å². The van der Waals surface area contributed by atoms with Crippen LogP contribution < -0.4 is 5.73 Å². The van der Waals surface area contributed by atoms with Crippen molar-refractivity contribution in [3.8, 4) is 0 Å². The molecular weight excluding hydrogens is 236 g/mol. The maximum atomic E-state index is 10.9. The van der Waals surface area contributed by atoms with E-state index in [9.17, 15) is 4.79 Å². The first-order valence-corrected chi connectivity index (χ1v) is 6.36. The lowest BCUT2D eigenvalue weighted by molar-refractivity contribution is -0.139. The van der Waals surface area contributed by atoms with Gasteiger partial charge in [-0.05, 0) is 32.9 Å². The van der Waals surface area contributed by atoms with Crippen molar-refractivity contribution < 1.29 is 9.90 Å². The van der Waals surface area contributed by atoms with E-state index in [-0.39, 0.29) is 0 Å². The smallest absolute Gasteiger partial charge is 0.321 e. The first-order chi connectivity index (χ1) is 7.83. The summed E-state index contributed by atoms with van der Waals surface area (Å²) in [5, 5.41) is 8.90. The molecule has 0 aromatic carbocycles. The maximum absolute atomic E-state index is 10.9. The third-order valence-electron chi connectivity index (χ3n) is 2.55. The number of carbonyl (C=O) groups is 1. The normalized spacial score (nSPS) is 13.4. The molecule has 1 aromatic heterocycles. The van der Waals surface area contributed by atoms with Crippen LogP contribution in [0.4, 0.5) is 0 Å². The van der Waals surface area contributed by atoms with Gasteiger partial charge in [0.05, 0.1) is 5.69 Å². The average Bonchev–Trinajstić information content (AvgIpc) is 2.25. The zero-order valence-electron chi connectivity index (χ0n) is 10.3. The van der Waals surface area contributed by atoms with E-state index in [1.165, 1.54) is 11.8 Å². The maximum Gasteiger partial charge on any atom is 0.321 e. The van der Waals surface area contributed by atoms with Crippen LogP contribution in [0.5, 0.6) is 0 Å². The molecular formula is C12H18N2O2S. The molecule has 1 aromatic rings. The summed E-state index contributed by atoms with van der Waals surface area (Å²) in [6.07, 6.45) is 0. The molecule has 1 atom stereocenters. The molecule has 0 saturated heterocycles. The Morgan fingerprint density at radius 3 is 2.76 bits per heavy atom. The Morgan fingerprint density at radius 1 is 1.59 bits per heavy atom. The summed E-state index contributed by atoms with van der Waals surface area (Å²) in [5.41, 5.74) is 7.55. The SMILES string of the molecule is Cc1cccc(CSC(C)(C)[C@H](N)C(=O)O)n1. The fraction of sp³-hybridized carbons (Fsp3) is 0.500. The summed E-state index contributed by atoms with van der Waals surface area (Å²) in [4.78, 5) is 15.2. The van der Waals surface area contributed by atoms with E-state index in [1.807, 2.05) is 39.0 Å². The Balaban J connectivity index is 2.64. The van der Waals surface area contributed by atoms with Gasteiger partial charge in [0.15, 0.2) is 0 Å². The van der Waals surface area contributed by atoms with Crippen LogP contribution in [-0.2, 0) is 10.5 Å². The van der Waals surface area contributed by atoms with Crippen LogP contribution in [0.2, 0.25) is 0 Å². The van der Waals surface area contributed by atoms with Crippen molar-refractivity contribution in [3.63, 3.8) is 0 Å². The minimum atomic E-state index is -0.972. The fourth-order valence-electron chi connectivity index (χ4n) is 1.33. The molecule has 0 radical (unpaired) electrons. The molecule has 5 heteroatoms. The molecule has 0 spiro atoms. The molecule has 1 heterocycles. The zero-order valence-corrected chi connectivity index (χ0v) is 11.1. The van der Waals surface area contributed by atoms with Gasteiger partial charge in [-0.25, -0.2) is 0 Å². The predicted molar refractivity (Wildman–Crippen MR) is 70.0 cm³/mol. The second-order valence-electron chi connectivity index (χ2n) is 4.48. The first kappa shape index (κ1) is 14.0. The molecule has 0 saturated carbocycles. The number of pyridine rings is 1. The van der Waals surface area contributed by atoms with Crippen LogP contribution >= 0.6 is 11.8 Å². The number of nitrogens with zero attached hydrogens (tertiary/aromatic N) is 1. The van der Waals surface area contributed by atoms with Crippen LogP contribution in [-0.4, -0.2) is 26.8 Å². The molecule has 0 fully saturated rings. The molecule has 4 nitrogen and oxygen atoms in total. The lowest BCUT2D eigenvalue weighted by atomic mass is 10.1. The van der Waals surface area contributed by atoms with Gasteiger partial charge in [-0.1, -0.05) is 6.07 Å². The number of hydrogen-bond donors (Lipinski definition) is 2. The average molecular weight is 254 g/mol. The first-order valence-electron chi connectivity index (χ1n) is 5.38. The van der Waals surface area contributed by atoms with E-state index in [2.05, 4.69) is 4.98 Å². The largest absolute Gasteiger partial charge is 0.480 e. The van der Waals surface area contributed by atoms with Gasteiger partial charge < -0.3 is 10.8 Å². The van der Waals surface area contributed by atoms with E-state index in [0.29, 0.717) is 5.75 Å². The van der Waals surface area contributed by atoms with Crippen molar-refractivity contribution in [3.05, 3.63) is 29.6 Å².